The van der Waals surface area contributed by atoms with Crippen molar-refractivity contribution in [2.75, 3.05) is 7.11 Å². The minimum atomic E-state index is -0.227. The number of hydrogen-bond donors (Lipinski definition) is 1. The van der Waals surface area contributed by atoms with Crippen LogP contribution in [0.1, 0.15) is 38.1 Å². The highest BCUT2D eigenvalue weighted by molar-refractivity contribution is 6.30. The second-order valence-corrected chi connectivity index (χ2v) is 4.99. The van der Waals surface area contributed by atoms with E-state index in [1.54, 1.807) is 25.3 Å². The van der Waals surface area contributed by atoms with E-state index >= 15 is 0 Å². The third-order valence-electron chi connectivity index (χ3n) is 3.03. The molecule has 0 aliphatic rings. The Morgan fingerprint density at radius 2 is 2.25 bits per heavy atom. The lowest BCUT2D eigenvalue weighted by molar-refractivity contribution is 0.346. The molecule has 0 amide bonds. The first-order valence-electron chi connectivity index (χ1n) is 6.58. The average Bonchev–Trinajstić information content (AvgIpc) is 2.94. The van der Waals surface area contributed by atoms with Gasteiger partial charge in [0.1, 0.15) is 5.75 Å². The van der Waals surface area contributed by atoms with E-state index in [2.05, 4.69) is 17.1 Å². The lowest BCUT2D eigenvalue weighted by atomic mass is 10.1. The first-order chi connectivity index (χ1) is 9.65. The molecule has 0 spiro atoms. The van der Waals surface area contributed by atoms with Crippen molar-refractivity contribution in [3.63, 3.8) is 0 Å². The molecule has 0 unspecified atom stereocenters. The molecule has 108 valence electrons. The van der Waals surface area contributed by atoms with Crippen LogP contribution in [0.25, 0.3) is 11.4 Å². The Hall–Kier alpha value is -1.59. The van der Waals surface area contributed by atoms with E-state index in [-0.39, 0.29) is 6.04 Å². The van der Waals surface area contributed by atoms with E-state index in [4.69, 9.17) is 26.6 Å². The van der Waals surface area contributed by atoms with Crippen LogP contribution >= 0.6 is 11.6 Å². The summed E-state index contributed by atoms with van der Waals surface area (Å²) < 4.78 is 10.5. The van der Waals surface area contributed by atoms with Gasteiger partial charge in [-0.3, -0.25) is 0 Å². The predicted octanol–water partition coefficient (Wildman–Crippen LogP) is 3.59. The Labute approximate surface area is 123 Å². The maximum atomic E-state index is 6.02. The smallest absolute Gasteiger partial charge is 0.243 e. The van der Waals surface area contributed by atoms with Gasteiger partial charge in [-0.2, -0.15) is 4.98 Å². The number of nitrogens with two attached hydrogens (primary N) is 1. The van der Waals surface area contributed by atoms with Gasteiger partial charge in [-0.25, -0.2) is 0 Å². The number of unbranched alkanes of at least 4 members (excludes halogenated alkanes) is 1. The van der Waals surface area contributed by atoms with E-state index in [1.807, 2.05) is 0 Å². The Kier molecular flexibility index (Phi) is 4.98. The third kappa shape index (κ3) is 3.29. The van der Waals surface area contributed by atoms with Gasteiger partial charge in [-0.05, 0) is 24.6 Å². The van der Waals surface area contributed by atoms with E-state index in [9.17, 15) is 0 Å². The zero-order chi connectivity index (χ0) is 14.5. The molecule has 6 heteroatoms. The van der Waals surface area contributed by atoms with Crippen LogP contribution < -0.4 is 10.5 Å². The van der Waals surface area contributed by atoms with Crippen molar-refractivity contribution in [3.8, 4) is 17.1 Å². The summed E-state index contributed by atoms with van der Waals surface area (Å²) in [5, 5.41) is 4.56. The number of hydrogen-bond acceptors (Lipinski definition) is 5. The average molecular weight is 296 g/mol. The molecular formula is C14H18ClN3O2. The monoisotopic (exact) mass is 295 g/mol. The molecular weight excluding hydrogens is 278 g/mol. The number of halogens is 1. The Morgan fingerprint density at radius 1 is 1.45 bits per heavy atom. The molecule has 0 bridgehead atoms. The van der Waals surface area contributed by atoms with Crippen LogP contribution in [0.2, 0.25) is 5.02 Å². The summed E-state index contributed by atoms with van der Waals surface area (Å²) in [6, 6.07) is 5.04. The van der Waals surface area contributed by atoms with Crippen molar-refractivity contribution in [3.05, 3.63) is 29.1 Å². The SMILES string of the molecule is CCCC[C@H](N)c1nc(-c2ccc(Cl)cc2OC)no1. The summed E-state index contributed by atoms with van der Waals surface area (Å²) in [4.78, 5) is 4.35. The Bertz CT molecular complexity index is 571. The van der Waals surface area contributed by atoms with Crippen LogP contribution in [-0.4, -0.2) is 17.3 Å². The molecule has 1 aromatic carbocycles. The van der Waals surface area contributed by atoms with Crippen LogP contribution in [0.3, 0.4) is 0 Å². The van der Waals surface area contributed by atoms with Gasteiger partial charge in [0, 0.05) is 5.02 Å². The minimum absolute atomic E-state index is 0.227. The van der Waals surface area contributed by atoms with Crippen LogP contribution in [-0.2, 0) is 0 Å². The number of benzene rings is 1. The van der Waals surface area contributed by atoms with Crippen LogP contribution in [0.5, 0.6) is 5.75 Å². The first kappa shape index (κ1) is 14.8. The molecule has 1 atom stereocenters. The highest BCUT2D eigenvalue weighted by atomic mass is 35.5. The highest BCUT2D eigenvalue weighted by Gasteiger charge is 2.17. The predicted molar refractivity (Wildman–Crippen MR) is 77.7 cm³/mol. The molecule has 0 aliphatic heterocycles. The fourth-order valence-electron chi connectivity index (χ4n) is 1.89. The molecule has 2 N–H and O–H groups in total. The fraction of sp³-hybridized carbons (Fsp3) is 0.429. The molecule has 0 radical (unpaired) electrons. The van der Waals surface area contributed by atoms with Gasteiger partial charge in [0.15, 0.2) is 0 Å². The molecule has 2 aromatic rings. The third-order valence-corrected chi connectivity index (χ3v) is 3.27. The quantitative estimate of drug-likeness (QED) is 0.881. The van der Waals surface area contributed by atoms with Gasteiger partial charge in [0.05, 0.1) is 18.7 Å². The van der Waals surface area contributed by atoms with Crippen molar-refractivity contribution in [1.82, 2.24) is 10.1 Å². The van der Waals surface area contributed by atoms with Crippen LogP contribution in [0, 0.1) is 0 Å². The number of rotatable bonds is 6. The highest BCUT2D eigenvalue weighted by Crippen LogP contribution is 2.31. The molecule has 5 nitrogen and oxygen atoms in total. The molecule has 2 rings (SSSR count). The minimum Gasteiger partial charge on any atom is -0.496 e. The number of nitrogens with zero attached hydrogens (tertiary/aromatic N) is 2. The standard InChI is InChI=1S/C14H18ClN3O2/c1-3-4-5-11(16)14-17-13(18-20-14)10-7-6-9(15)8-12(10)19-2/h6-8,11H,3-5,16H2,1-2H3/t11-/m0/s1. The second-order valence-electron chi connectivity index (χ2n) is 4.55. The molecule has 0 fully saturated rings. The van der Waals surface area contributed by atoms with Gasteiger partial charge in [0.2, 0.25) is 11.7 Å². The molecule has 1 heterocycles. The summed E-state index contributed by atoms with van der Waals surface area (Å²) in [5.74, 6) is 1.51. The van der Waals surface area contributed by atoms with Crippen molar-refractivity contribution in [1.29, 1.82) is 0 Å². The summed E-state index contributed by atoms with van der Waals surface area (Å²) in [6.45, 7) is 2.12. The van der Waals surface area contributed by atoms with E-state index in [0.717, 1.165) is 24.8 Å². The van der Waals surface area contributed by atoms with Gasteiger partial charge in [-0.15, -0.1) is 0 Å². The normalized spacial score (nSPS) is 12.4. The number of methoxy groups -OCH3 is 1. The first-order valence-corrected chi connectivity index (χ1v) is 6.96. The fourth-order valence-corrected chi connectivity index (χ4v) is 2.05. The lowest BCUT2D eigenvalue weighted by Gasteiger charge is -2.05. The topological polar surface area (TPSA) is 74.2 Å². The number of aromatic nitrogens is 2. The molecule has 0 saturated heterocycles. The van der Waals surface area contributed by atoms with Gasteiger partial charge in [-0.1, -0.05) is 36.5 Å². The van der Waals surface area contributed by atoms with Gasteiger partial charge in [0.25, 0.3) is 0 Å². The van der Waals surface area contributed by atoms with Crippen molar-refractivity contribution in [2.24, 2.45) is 5.73 Å². The van der Waals surface area contributed by atoms with Crippen molar-refractivity contribution >= 4 is 11.6 Å². The zero-order valence-electron chi connectivity index (χ0n) is 11.6. The van der Waals surface area contributed by atoms with Crippen LogP contribution in [0.15, 0.2) is 22.7 Å². The number of ether oxygens (including phenoxy) is 1. The Morgan fingerprint density at radius 3 is 2.95 bits per heavy atom. The summed E-state index contributed by atoms with van der Waals surface area (Å²) in [5.41, 5.74) is 6.75. The molecule has 20 heavy (non-hydrogen) atoms. The molecule has 1 aromatic heterocycles. The van der Waals surface area contributed by atoms with Gasteiger partial charge >= 0.3 is 0 Å². The summed E-state index contributed by atoms with van der Waals surface area (Å²) >= 11 is 5.93. The maximum absolute atomic E-state index is 6.02. The lowest BCUT2D eigenvalue weighted by Crippen LogP contribution is -2.10. The second kappa shape index (κ2) is 6.72. The van der Waals surface area contributed by atoms with Crippen molar-refractivity contribution in [2.45, 2.75) is 32.2 Å². The summed E-state index contributed by atoms with van der Waals surface area (Å²) in [7, 11) is 1.57. The Balaban J connectivity index is 2.24. The van der Waals surface area contributed by atoms with Gasteiger partial charge < -0.3 is 15.0 Å². The van der Waals surface area contributed by atoms with Crippen molar-refractivity contribution < 1.29 is 9.26 Å². The molecule has 0 saturated carbocycles. The van der Waals surface area contributed by atoms with E-state index in [0.29, 0.717) is 22.5 Å². The largest absolute Gasteiger partial charge is 0.496 e. The van der Waals surface area contributed by atoms with Crippen LogP contribution in [0.4, 0.5) is 0 Å². The summed E-state index contributed by atoms with van der Waals surface area (Å²) in [6.07, 6.45) is 2.94. The van der Waals surface area contributed by atoms with E-state index in [1.165, 1.54) is 0 Å². The molecule has 0 aliphatic carbocycles. The van der Waals surface area contributed by atoms with E-state index < -0.39 is 0 Å². The maximum Gasteiger partial charge on any atom is 0.243 e. The zero-order valence-corrected chi connectivity index (χ0v) is 12.4.